The Hall–Kier alpha value is -2.49. The van der Waals surface area contributed by atoms with Crippen molar-refractivity contribution in [3.05, 3.63) is 69.2 Å². The van der Waals surface area contributed by atoms with Gasteiger partial charge in [-0.1, -0.05) is 23.7 Å². The van der Waals surface area contributed by atoms with Crippen LogP contribution in [0.15, 0.2) is 53.4 Å². The maximum absolute atomic E-state index is 12.3. The number of halogens is 1. The van der Waals surface area contributed by atoms with Crippen molar-refractivity contribution >= 4 is 33.3 Å². The first-order valence-electron chi connectivity index (χ1n) is 6.93. The van der Waals surface area contributed by atoms with Gasteiger partial charge >= 0.3 is 5.97 Å². The molecule has 132 valence electrons. The predicted octanol–water partition coefficient (Wildman–Crippen LogP) is 2.22. The van der Waals surface area contributed by atoms with Gasteiger partial charge in [-0.2, -0.15) is 4.72 Å². The highest BCUT2D eigenvalue weighted by Crippen LogP contribution is 2.16. The highest BCUT2D eigenvalue weighted by molar-refractivity contribution is 7.89. The number of aliphatic carboxylic acids is 1. The number of non-ortho nitro benzene ring substituents is 1. The van der Waals surface area contributed by atoms with E-state index in [1.165, 1.54) is 48.5 Å². The van der Waals surface area contributed by atoms with E-state index in [9.17, 15) is 28.4 Å². The first kappa shape index (κ1) is 18.8. The van der Waals surface area contributed by atoms with Gasteiger partial charge in [0.15, 0.2) is 0 Å². The third-order valence-electron chi connectivity index (χ3n) is 3.31. The first-order valence-corrected chi connectivity index (χ1v) is 8.79. The number of nitrogens with zero attached hydrogens (tertiary/aromatic N) is 1. The molecule has 2 aromatic carbocycles. The number of carboxylic acid groups (broad SMARTS) is 1. The summed E-state index contributed by atoms with van der Waals surface area (Å²) in [6, 6.07) is 9.05. The zero-order valence-corrected chi connectivity index (χ0v) is 14.2. The maximum atomic E-state index is 12.3. The molecule has 2 rings (SSSR count). The summed E-state index contributed by atoms with van der Waals surface area (Å²) in [5.74, 6) is -1.36. The Morgan fingerprint density at radius 3 is 2.20 bits per heavy atom. The van der Waals surface area contributed by atoms with Gasteiger partial charge in [0.25, 0.3) is 5.69 Å². The summed E-state index contributed by atoms with van der Waals surface area (Å²) in [6.45, 7) is 0. The van der Waals surface area contributed by atoms with Gasteiger partial charge in [0, 0.05) is 17.2 Å². The Kier molecular flexibility index (Phi) is 5.73. The lowest BCUT2D eigenvalue weighted by Crippen LogP contribution is -2.42. The van der Waals surface area contributed by atoms with E-state index in [0.717, 1.165) is 0 Å². The van der Waals surface area contributed by atoms with Gasteiger partial charge in [-0.15, -0.1) is 0 Å². The van der Waals surface area contributed by atoms with E-state index in [1.807, 2.05) is 0 Å². The summed E-state index contributed by atoms with van der Waals surface area (Å²) in [6.07, 6.45) is -0.167. The van der Waals surface area contributed by atoms with Crippen molar-refractivity contribution in [2.24, 2.45) is 0 Å². The quantitative estimate of drug-likeness (QED) is 0.556. The molecule has 0 aliphatic heterocycles. The zero-order chi connectivity index (χ0) is 18.6. The average molecular weight is 385 g/mol. The lowest BCUT2D eigenvalue weighted by atomic mass is 10.1. The van der Waals surface area contributed by atoms with Crippen LogP contribution < -0.4 is 4.72 Å². The van der Waals surface area contributed by atoms with Crippen molar-refractivity contribution in [1.29, 1.82) is 0 Å². The van der Waals surface area contributed by atoms with Crippen LogP contribution in [0.5, 0.6) is 0 Å². The Bertz CT molecular complexity index is 881. The molecule has 0 aromatic heterocycles. The number of benzene rings is 2. The van der Waals surface area contributed by atoms with Crippen molar-refractivity contribution in [3.63, 3.8) is 0 Å². The molecule has 0 radical (unpaired) electrons. The largest absolute Gasteiger partial charge is 0.480 e. The molecule has 1 unspecified atom stereocenters. The lowest BCUT2D eigenvalue weighted by molar-refractivity contribution is -0.384. The van der Waals surface area contributed by atoms with Gasteiger partial charge in [0.2, 0.25) is 10.0 Å². The Balaban J connectivity index is 2.19. The molecule has 0 amide bonds. The first-order chi connectivity index (χ1) is 11.7. The van der Waals surface area contributed by atoms with Crippen molar-refractivity contribution in [2.45, 2.75) is 17.4 Å². The number of hydrogen-bond acceptors (Lipinski definition) is 5. The van der Waals surface area contributed by atoms with Crippen LogP contribution in [0, 0.1) is 10.1 Å². The molecule has 2 aromatic rings. The van der Waals surface area contributed by atoms with Crippen LogP contribution in [0.2, 0.25) is 5.02 Å². The van der Waals surface area contributed by atoms with Crippen LogP contribution in [-0.2, 0) is 21.2 Å². The molecule has 0 aliphatic rings. The molecule has 25 heavy (non-hydrogen) atoms. The van der Waals surface area contributed by atoms with Gasteiger partial charge in [0.1, 0.15) is 6.04 Å². The third kappa shape index (κ3) is 4.99. The van der Waals surface area contributed by atoms with E-state index in [4.69, 9.17) is 11.6 Å². The molecule has 0 aliphatic carbocycles. The number of nitro groups is 1. The number of rotatable bonds is 7. The Morgan fingerprint density at radius 2 is 1.72 bits per heavy atom. The highest BCUT2D eigenvalue weighted by Gasteiger charge is 2.25. The molecule has 0 saturated heterocycles. The number of hydrogen-bond donors (Lipinski definition) is 2. The Morgan fingerprint density at radius 1 is 1.16 bits per heavy atom. The highest BCUT2D eigenvalue weighted by atomic mass is 35.5. The van der Waals surface area contributed by atoms with Crippen molar-refractivity contribution in [3.8, 4) is 0 Å². The van der Waals surface area contributed by atoms with E-state index in [1.54, 1.807) is 0 Å². The monoisotopic (exact) mass is 384 g/mol. The molecule has 0 saturated carbocycles. The summed E-state index contributed by atoms with van der Waals surface area (Å²) in [4.78, 5) is 21.3. The fourth-order valence-corrected chi connectivity index (χ4v) is 3.35. The smallest absolute Gasteiger partial charge is 0.322 e. The summed E-state index contributed by atoms with van der Waals surface area (Å²) in [5.41, 5.74) is 0.300. The fraction of sp³-hybridized carbons (Fsp3) is 0.133. The van der Waals surface area contributed by atoms with Crippen molar-refractivity contribution in [2.75, 3.05) is 0 Å². The normalized spacial score (nSPS) is 12.5. The number of nitro benzene ring substituents is 1. The van der Waals surface area contributed by atoms with E-state index in [-0.39, 0.29) is 17.0 Å². The molecule has 0 spiro atoms. The average Bonchev–Trinajstić information content (AvgIpc) is 2.55. The van der Waals surface area contributed by atoms with Crippen LogP contribution in [0.25, 0.3) is 0 Å². The van der Waals surface area contributed by atoms with Crippen LogP contribution in [0.3, 0.4) is 0 Å². The molecular formula is C15H13ClN2O6S. The van der Waals surface area contributed by atoms with Gasteiger partial charge in [-0.3, -0.25) is 14.9 Å². The van der Waals surface area contributed by atoms with E-state index in [0.29, 0.717) is 10.6 Å². The van der Waals surface area contributed by atoms with E-state index < -0.39 is 27.0 Å². The number of nitrogens with one attached hydrogen (secondary N) is 1. The van der Waals surface area contributed by atoms with Gasteiger partial charge < -0.3 is 5.11 Å². The Labute approximate surface area is 148 Å². The summed E-state index contributed by atoms with van der Waals surface area (Å²) < 4.78 is 26.7. The maximum Gasteiger partial charge on any atom is 0.322 e. The standard InChI is InChI=1S/C15H13ClN2O6S/c16-11-3-7-13(8-4-11)25(23,24)17-14(15(19)20)9-10-1-5-12(6-2-10)18(21)22/h1-8,14,17H,9H2,(H,19,20). The van der Waals surface area contributed by atoms with Gasteiger partial charge in [0.05, 0.1) is 9.82 Å². The number of sulfonamides is 1. The topological polar surface area (TPSA) is 127 Å². The summed E-state index contributed by atoms with van der Waals surface area (Å²) in [5, 5.41) is 20.2. The second kappa shape index (κ2) is 7.60. The zero-order valence-electron chi connectivity index (χ0n) is 12.6. The molecule has 0 fully saturated rings. The minimum absolute atomic E-state index is 0.119. The van der Waals surface area contributed by atoms with Crippen molar-refractivity contribution in [1.82, 2.24) is 4.72 Å². The fourth-order valence-electron chi connectivity index (χ4n) is 2.04. The van der Waals surface area contributed by atoms with Gasteiger partial charge in [-0.25, -0.2) is 8.42 Å². The number of carbonyl (C=O) groups is 1. The van der Waals surface area contributed by atoms with Crippen LogP contribution in [0.4, 0.5) is 5.69 Å². The van der Waals surface area contributed by atoms with Crippen LogP contribution in [-0.4, -0.2) is 30.5 Å². The minimum atomic E-state index is -4.06. The molecular weight excluding hydrogens is 372 g/mol. The predicted molar refractivity (Wildman–Crippen MR) is 90.0 cm³/mol. The van der Waals surface area contributed by atoms with Gasteiger partial charge in [-0.05, 0) is 36.2 Å². The molecule has 10 heteroatoms. The molecule has 1 atom stereocenters. The second-order valence-corrected chi connectivity index (χ2v) is 7.24. The third-order valence-corrected chi connectivity index (χ3v) is 5.05. The minimum Gasteiger partial charge on any atom is -0.480 e. The summed E-state index contributed by atoms with van der Waals surface area (Å²) >= 11 is 5.70. The van der Waals surface area contributed by atoms with Crippen LogP contribution in [0.1, 0.15) is 5.56 Å². The van der Waals surface area contributed by atoms with E-state index >= 15 is 0 Å². The molecule has 0 heterocycles. The van der Waals surface area contributed by atoms with Crippen molar-refractivity contribution < 1.29 is 23.2 Å². The SMILES string of the molecule is O=C(O)C(Cc1ccc([N+](=O)[O-])cc1)NS(=O)(=O)c1ccc(Cl)cc1. The lowest BCUT2D eigenvalue weighted by Gasteiger charge is -2.15. The molecule has 2 N–H and O–H groups in total. The van der Waals surface area contributed by atoms with Crippen LogP contribution >= 0.6 is 11.6 Å². The second-order valence-electron chi connectivity index (χ2n) is 5.09. The van der Waals surface area contributed by atoms with E-state index in [2.05, 4.69) is 4.72 Å². The number of carboxylic acids is 1. The summed E-state index contributed by atoms with van der Waals surface area (Å²) in [7, 11) is -4.06. The molecule has 8 nitrogen and oxygen atoms in total. The molecule has 0 bridgehead atoms.